The molecule has 2 aromatic rings. The Kier molecular flexibility index (Phi) is 8.39. The first-order valence-electron chi connectivity index (χ1n) is 7.84. The quantitative estimate of drug-likeness (QED) is 0.803. The summed E-state index contributed by atoms with van der Waals surface area (Å²) in [5.41, 5.74) is 4.05. The van der Waals surface area contributed by atoms with Gasteiger partial charge in [0.25, 0.3) is 5.97 Å². The lowest BCUT2D eigenvalue weighted by Crippen LogP contribution is -2.24. The maximum absolute atomic E-state index is 9.00. The molecule has 3 rings (SSSR count). The van der Waals surface area contributed by atoms with Crippen molar-refractivity contribution in [2.24, 2.45) is 0 Å². The number of hydrogen-bond acceptors (Lipinski definition) is 2. The van der Waals surface area contributed by atoms with Crippen LogP contribution < -0.4 is 5.32 Å². The fourth-order valence-electron chi connectivity index (χ4n) is 3.17. The predicted molar refractivity (Wildman–Crippen MR) is 103 cm³/mol. The molecule has 2 atom stereocenters. The van der Waals surface area contributed by atoms with Crippen LogP contribution in [0.1, 0.15) is 48.4 Å². The highest BCUT2D eigenvalue weighted by atomic mass is 35.5. The molecule has 4 N–H and O–H groups in total. The Hall–Kier alpha value is -1.59. The molecule has 136 valence electrons. The molecular formula is C19H23Cl2NO3. The van der Waals surface area contributed by atoms with E-state index in [0.29, 0.717) is 22.0 Å². The van der Waals surface area contributed by atoms with Crippen LogP contribution in [0.15, 0.2) is 42.5 Å². The standard InChI is InChI=1S/C17H17Cl2N.C2H4O2.H2O/c1-20-17-9-7-12(13-4-2-3-5-14(13)17)11-6-8-15(18)16(19)10-11;1-2(3)4;/h2-6,8,10,12,17,20H,7,9H2,1H3;1H3,(H,3,4);1H2/t12-,17-;;/m0../s1. The Morgan fingerprint density at radius 3 is 2.24 bits per heavy atom. The third-order valence-corrected chi connectivity index (χ3v) is 4.92. The maximum Gasteiger partial charge on any atom is 0.300 e. The molecule has 0 radical (unpaired) electrons. The topological polar surface area (TPSA) is 80.8 Å². The van der Waals surface area contributed by atoms with E-state index in [9.17, 15) is 0 Å². The molecule has 6 heteroatoms. The Balaban J connectivity index is 0.000000568. The Morgan fingerprint density at radius 1 is 1.08 bits per heavy atom. The third-order valence-electron chi connectivity index (χ3n) is 4.19. The molecule has 0 saturated heterocycles. The van der Waals surface area contributed by atoms with E-state index in [2.05, 4.69) is 35.6 Å². The van der Waals surface area contributed by atoms with E-state index in [0.717, 1.165) is 19.8 Å². The van der Waals surface area contributed by atoms with E-state index in [1.807, 2.05) is 19.2 Å². The second kappa shape index (κ2) is 9.78. The van der Waals surface area contributed by atoms with Gasteiger partial charge >= 0.3 is 0 Å². The number of halogens is 2. The van der Waals surface area contributed by atoms with Gasteiger partial charge in [-0.15, -0.1) is 0 Å². The van der Waals surface area contributed by atoms with Crippen LogP contribution in [0, 0.1) is 0 Å². The highest BCUT2D eigenvalue weighted by molar-refractivity contribution is 6.42. The van der Waals surface area contributed by atoms with Gasteiger partial charge in [-0.2, -0.15) is 0 Å². The number of rotatable bonds is 2. The Bertz CT molecular complexity index is 718. The molecule has 2 aromatic carbocycles. The summed E-state index contributed by atoms with van der Waals surface area (Å²) in [6, 6.07) is 15.1. The summed E-state index contributed by atoms with van der Waals surface area (Å²) >= 11 is 12.2. The Labute approximate surface area is 158 Å². The van der Waals surface area contributed by atoms with Gasteiger partial charge in [0, 0.05) is 18.9 Å². The number of aliphatic carboxylic acids is 1. The minimum atomic E-state index is -0.833. The van der Waals surface area contributed by atoms with E-state index in [1.165, 1.54) is 16.7 Å². The SMILES string of the molecule is CC(=O)O.CN[C@H]1CC[C@@H](c2ccc(Cl)c(Cl)c2)c2ccccc21.O. The molecule has 0 unspecified atom stereocenters. The van der Waals surface area contributed by atoms with E-state index in [-0.39, 0.29) is 5.48 Å². The summed E-state index contributed by atoms with van der Waals surface area (Å²) in [7, 11) is 2.03. The summed E-state index contributed by atoms with van der Waals surface area (Å²) in [4.78, 5) is 9.00. The number of nitrogens with one attached hydrogen (secondary N) is 1. The second-order valence-corrected chi connectivity index (χ2v) is 6.61. The fourth-order valence-corrected chi connectivity index (χ4v) is 3.47. The number of carboxylic acid groups (broad SMARTS) is 1. The average Bonchev–Trinajstić information content (AvgIpc) is 2.56. The lowest BCUT2D eigenvalue weighted by molar-refractivity contribution is -0.134. The van der Waals surface area contributed by atoms with Crippen LogP contribution in [0.4, 0.5) is 0 Å². The van der Waals surface area contributed by atoms with Crippen molar-refractivity contribution < 1.29 is 15.4 Å². The number of hydrogen-bond donors (Lipinski definition) is 2. The minimum absolute atomic E-state index is 0. The summed E-state index contributed by atoms with van der Waals surface area (Å²) in [6.07, 6.45) is 2.26. The van der Waals surface area contributed by atoms with Crippen molar-refractivity contribution in [3.63, 3.8) is 0 Å². The van der Waals surface area contributed by atoms with Crippen LogP contribution in [-0.2, 0) is 4.79 Å². The first-order chi connectivity index (χ1) is 11.4. The summed E-state index contributed by atoms with van der Waals surface area (Å²) in [5, 5.41) is 12.1. The molecule has 4 nitrogen and oxygen atoms in total. The molecule has 1 aliphatic rings. The largest absolute Gasteiger partial charge is 0.481 e. The van der Waals surface area contributed by atoms with Gasteiger partial charge in [0.1, 0.15) is 0 Å². The average molecular weight is 384 g/mol. The third kappa shape index (κ3) is 5.44. The van der Waals surface area contributed by atoms with Crippen LogP contribution in [0.25, 0.3) is 0 Å². The van der Waals surface area contributed by atoms with E-state index in [4.69, 9.17) is 33.1 Å². The number of benzene rings is 2. The smallest absolute Gasteiger partial charge is 0.300 e. The molecule has 0 fully saturated rings. The van der Waals surface area contributed by atoms with Crippen molar-refractivity contribution in [3.8, 4) is 0 Å². The van der Waals surface area contributed by atoms with Crippen LogP contribution in [0.3, 0.4) is 0 Å². The summed E-state index contributed by atoms with van der Waals surface area (Å²) in [5.74, 6) is -0.425. The molecular weight excluding hydrogens is 361 g/mol. The van der Waals surface area contributed by atoms with Gasteiger partial charge in [0.2, 0.25) is 0 Å². The van der Waals surface area contributed by atoms with E-state index < -0.39 is 5.97 Å². The monoisotopic (exact) mass is 383 g/mol. The molecule has 25 heavy (non-hydrogen) atoms. The first kappa shape index (κ1) is 21.5. The molecule has 0 spiro atoms. The Morgan fingerprint density at radius 2 is 1.68 bits per heavy atom. The maximum atomic E-state index is 9.00. The van der Waals surface area contributed by atoms with Gasteiger partial charge in [0.15, 0.2) is 0 Å². The van der Waals surface area contributed by atoms with Crippen LogP contribution >= 0.6 is 23.2 Å². The number of carboxylic acids is 1. The fraction of sp³-hybridized carbons (Fsp3) is 0.316. The molecule has 1 aliphatic carbocycles. The molecule has 0 heterocycles. The molecule has 0 amide bonds. The molecule has 0 aliphatic heterocycles. The summed E-state index contributed by atoms with van der Waals surface area (Å²) < 4.78 is 0. The molecule has 0 bridgehead atoms. The van der Waals surface area contributed by atoms with Gasteiger partial charge in [-0.3, -0.25) is 4.79 Å². The predicted octanol–water partition coefficient (Wildman–Crippen LogP) is 4.45. The zero-order valence-electron chi connectivity index (χ0n) is 14.2. The normalized spacial score (nSPS) is 18.2. The zero-order valence-corrected chi connectivity index (χ0v) is 15.7. The van der Waals surface area contributed by atoms with Gasteiger partial charge in [-0.25, -0.2) is 0 Å². The number of carbonyl (C=O) groups is 1. The van der Waals surface area contributed by atoms with Crippen LogP contribution in [0.5, 0.6) is 0 Å². The van der Waals surface area contributed by atoms with Crippen molar-refractivity contribution in [1.29, 1.82) is 0 Å². The van der Waals surface area contributed by atoms with Crippen molar-refractivity contribution in [3.05, 3.63) is 69.2 Å². The van der Waals surface area contributed by atoms with Crippen LogP contribution in [0.2, 0.25) is 10.0 Å². The van der Waals surface area contributed by atoms with Gasteiger partial charge < -0.3 is 15.9 Å². The highest BCUT2D eigenvalue weighted by Gasteiger charge is 2.27. The van der Waals surface area contributed by atoms with Crippen molar-refractivity contribution in [2.45, 2.75) is 31.7 Å². The van der Waals surface area contributed by atoms with Gasteiger partial charge in [0.05, 0.1) is 10.0 Å². The lowest BCUT2D eigenvalue weighted by Gasteiger charge is -2.32. The molecule has 0 aromatic heterocycles. The molecule has 0 saturated carbocycles. The van der Waals surface area contributed by atoms with Crippen LogP contribution in [-0.4, -0.2) is 23.6 Å². The van der Waals surface area contributed by atoms with E-state index in [1.54, 1.807) is 0 Å². The van der Waals surface area contributed by atoms with Crippen molar-refractivity contribution >= 4 is 29.2 Å². The van der Waals surface area contributed by atoms with Gasteiger partial charge in [-0.05, 0) is 48.7 Å². The highest BCUT2D eigenvalue weighted by Crippen LogP contribution is 2.42. The minimum Gasteiger partial charge on any atom is -0.481 e. The van der Waals surface area contributed by atoms with Gasteiger partial charge in [-0.1, -0.05) is 53.5 Å². The number of fused-ring (bicyclic) bond motifs is 1. The van der Waals surface area contributed by atoms with E-state index >= 15 is 0 Å². The first-order valence-corrected chi connectivity index (χ1v) is 8.60. The van der Waals surface area contributed by atoms with Crippen molar-refractivity contribution in [1.82, 2.24) is 5.32 Å². The lowest BCUT2D eigenvalue weighted by atomic mass is 9.77. The zero-order chi connectivity index (χ0) is 17.7. The second-order valence-electron chi connectivity index (χ2n) is 5.79. The van der Waals surface area contributed by atoms with Crippen molar-refractivity contribution in [2.75, 3.05) is 7.05 Å². The summed E-state index contributed by atoms with van der Waals surface area (Å²) in [6.45, 7) is 1.08.